The highest BCUT2D eigenvalue weighted by molar-refractivity contribution is 7.99. The van der Waals surface area contributed by atoms with Gasteiger partial charge >= 0.3 is 0 Å². The fraction of sp³-hybridized carbons (Fsp3) is 0.263. The molecule has 0 N–H and O–H groups in total. The molecule has 0 saturated carbocycles. The van der Waals surface area contributed by atoms with Crippen LogP contribution in [0.4, 0.5) is 5.69 Å². The first-order valence-electron chi connectivity index (χ1n) is 8.26. The molecule has 2 heterocycles. The maximum atomic E-state index is 12.9. The smallest absolute Gasteiger partial charge is 0.257 e. The van der Waals surface area contributed by atoms with Crippen molar-refractivity contribution in [3.63, 3.8) is 0 Å². The maximum absolute atomic E-state index is 12.9. The van der Waals surface area contributed by atoms with E-state index in [2.05, 4.69) is 17.0 Å². The summed E-state index contributed by atoms with van der Waals surface area (Å²) in [4.78, 5) is 16.6. The molecule has 2 saturated heterocycles. The van der Waals surface area contributed by atoms with E-state index in [0.29, 0.717) is 11.7 Å². The van der Waals surface area contributed by atoms with E-state index in [1.54, 1.807) is 16.7 Å². The Morgan fingerprint density at radius 3 is 2.56 bits per heavy atom. The minimum absolute atomic E-state index is 0.0610. The van der Waals surface area contributed by atoms with E-state index in [9.17, 15) is 4.79 Å². The molecule has 0 aromatic heterocycles. The third-order valence-electron chi connectivity index (χ3n) is 4.41. The Kier molecular flexibility index (Phi) is 4.39. The standard InChI is InChI=1S/C19H18N2O2S2/c1-2-23-15-10-8-13(9-11-15)18-21-16(12-25-18)17(22)20(19(21)24)14-6-4-3-5-7-14/h3-11,16,18H,2,12H2,1H3/t16-,18?/m0/s1. The largest absolute Gasteiger partial charge is 0.494 e. The molecule has 128 valence electrons. The summed E-state index contributed by atoms with van der Waals surface area (Å²) < 4.78 is 5.51. The summed E-state index contributed by atoms with van der Waals surface area (Å²) in [6, 6.07) is 17.5. The van der Waals surface area contributed by atoms with Crippen molar-refractivity contribution in [3.05, 3.63) is 60.2 Å². The highest BCUT2D eigenvalue weighted by Crippen LogP contribution is 2.46. The molecule has 2 aliphatic rings. The Morgan fingerprint density at radius 2 is 1.88 bits per heavy atom. The van der Waals surface area contributed by atoms with Crippen molar-refractivity contribution < 1.29 is 9.53 Å². The number of nitrogens with zero attached hydrogens (tertiary/aromatic N) is 2. The maximum Gasteiger partial charge on any atom is 0.257 e. The van der Waals surface area contributed by atoms with Crippen LogP contribution in [0.15, 0.2) is 54.6 Å². The van der Waals surface area contributed by atoms with Crippen LogP contribution in [0, 0.1) is 0 Å². The number of ether oxygens (including phenoxy) is 1. The third-order valence-corrected chi connectivity index (χ3v) is 6.13. The van der Waals surface area contributed by atoms with Crippen molar-refractivity contribution in [2.45, 2.75) is 18.3 Å². The number of amides is 1. The number of hydrogen-bond acceptors (Lipinski definition) is 4. The molecular formula is C19H18N2O2S2. The highest BCUT2D eigenvalue weighted by Gasteiger charge is 2.50. The lowest BCUT2D eigenvalue weighted by Crippen LogP contribution is -2.33. The number of anilines is 1. The van der Waals surface area contributed by atoms with Gasteiger partial charge in [-0.3, -0.25) is 9.69 Å². The predicted molar refractivity (Wildman–Crippen MR) is 105 cm³/mol. The number of para-hydroxylation sites is 1. The summed E-state index contributed by atoms with van der Waals surface area (Å²) in [5.41, 5.74) is 1.98. The van der Waals surface area contributed by atoms with E-state index in [0.717, 1.165) is 22.8 Å². The Labute approximate surface area is 156 Å². The molecule has 2 atom stereocenters. The number of hydrogen-bond donors (Lipinski definition) is 0. The topological polar surface area (TPSA) is 32.8 Å². The zero-order valence-electron chi connectivity index (χ0n) is 13.8. The number of rotatable bonds is 4. The number of carbonyl (C=O) groups is 1. The van der Waals surface area contributed by atoms with Gasteiger partial charge in [0.2, 0.25) is 0 Å². The first-order chi connectivity index (χ1) is 12.2. The summed E-state index contributed by atoms with van der Waals surface area (Å²) in [5, 5.41) is 0.649. The van der Waals surface area contributed by atoms with Gasteiger partial charge in [0.25, 0.3) is 5.91 Å². The number of fused-ring (bicyclic) bond motifs is 1. The highest BCUT2D eigenvalue weighted by atomic mass is 32.2. The van der Waals surface area contributed by atoms with Crippen molar-refractivity contribution in [1.82, 2.24) is 4.90 Å². The molecule has 0 aliphatic carbocycles. The van der Waals surface area contributed by atoms with Crippen LogP contribution < -0.4 is 9.64 Å². The lowest BCUT2D eigenvalue weighted by Gasteiger charge is -2.25. The van der Waals surface area contributed by atoms with E-state index in [1.807, 2.05) is 49.4 Å². The average Bonchev–Trinajstić information content (AvgIpc) is 3.17. The number of benzene rings is 2. The molecule has 2 aromatic carbocycles. The van der Waals surface area contributed by atoms with Crippen LogP contribution in [0.1, 0.15) is 17.9 Å². The van der Waals surface area contributed by atoms with Crippen LogP contribution >= 0.6 is 24.0 Å². The molecule has 4 rings (SSSR count). The van der Waals surface area contributed by atoms with Crippen molar-refractivity contribution in [1.29, 1.82) is 0 Å². The van der Waals surface area contributed by atoms with Gasteiger partial charge in [0.05, 0.1) is 12.3 Å². The zero-order valence-corrected chi connectivity index (χ0v) is 15.4. The first-order valence-corrected chi connectivity index (χ1v) is 9.72. The fourth-order valence-electron chi connectivity index (χ4n) is 3.26. The second-order valence-electron chi connectivity index (χ2n) is 5.90. The van der Waals surface area contributed by atoms with Gasteiger partial charge in [-0.1, -0.05) is 30.3 Å². The Bertz CT molecular complexity index is 795. The molecule has 2 fully saturated rings. The van der Waals surface area contributed by atoms with Gasteiger partial charge in [0.15, 0.2) is 5.11 Å². The van der Waals surface area contributed by atoms with Gasteiger partial charge in [-0.05, 0) is 49.0 Å². The van der Waals surface area contributed by atoms with E-state index in [4.69, 9.17) is 17.0 Å². The van der Waals surface area contributed by atoms with Crippen LogP contribution in [0.3, 0.4) is 0 Å². The molecule has 2 aromatic rings. The molecule has 0 radical (unpaired) electrons. The minimum atomic E-state index is -0.186. The van der Waals surface area contributed by atoms with Gasteiger partial charge in [0.1, 0.15) is 17.2 Å². The average molecular weight is 370 g/mol. The van der Waals surface area contributed by atoms with E-state index < -0.39 is 0 Å². The van der Waals surface area contributed by atoms with Crippen molar-refractivity contribution >= 4 is 40.7 Å². The van der Waals surface area contributed by atoms with Crippen molar-refractivity contribution in [3.8, 4) is 5.75 Å². The Morgan fingerprint density at radius 1 is 1.16 bits per heavy atom. The minimum Gasteiger partial charge on any atom is -0.494 e. The van der Waals surface area contributed by atoms with Crippen LogP contribution in [-0.2, 0) is 4.79 Å². The van der Waals surface area contributed by atoms with Crippen LogP contribution in [0.5, 0.6) is 5.75 Å². The van der Waals surface area contributed by atoms with Crippen LogP contribution in [-0.4, -0.2) is 34.3 Å². The second kappa shape index (κ2) is 6.69. The zero-order chi connectivity index (χ0) is 17.4. The fourth-order valence-corrected chi connectivity index (χ4v) is 5.18. The number of thioether (sulfide) groups is 1. The molecule has 1 unspecified atom stereocenters. The Hall–Kier alpha value is -2.05. The quantitative estimate of drug-likeness (QED) is 0.764. The lowest BCUT2D eigenvalue weighted by molar-refractivity contribution is -0.119. The summed E-state index contributed by atoms with van der Waals surface area (Å²) in [7, 11) is 0. The molecule has 1 amide bonds. The van der Waals surface area contributed by atoms with Crippen LogP contribution in [0.25, 0.3) is 0 Å². The molecule has 2 aliphatic heterocycles. The molecule has 4 nitrogen and oxygen atoms in total. The van der Waals surface area contributed by atoms with Crippen molar-refractivity contribution in [2.24, 2.45) is 0 Å². The molecule has 0 spiro atoms. The van der Waals surface area contributed by atoms with Crippen LogP contribution in [0.2, 0.25) is 0 Å². The normalized spacial score (nSPS) is 22.4. The predicted octanol–water partition coefficient (Wildman–Crippen LogP) is 3.83. The summed E-state index contributed by atoms with van der Waals surface area (Å²) in [6.07, 6.45) is 0. The van der Waals surface area contributed by atoms with Gasteiger partial charge in [-0.25, -0.2) is 0 Å². The van der Waals surface area contributed by atoms with Crippen molar-refractivity contribution in [2.75, 3.05) is 17.3 Å². The van der Waals surface area contributed by atoms with Gasteiger partial charge in [0, 0.05) is 5.75 Å². The van der Waals surface area contributed by atoms with E-state index in [-0.39, 0.29) is 17.3 Å². The summed E-state index contributed by atoms with van der Waals surface area (Å²) in [6.45, 7) is 2.62. The lowest BCUT2D eigenvalue weighted by atomic mass is 10.2. The molecular weight excluding hydrogens is 352 g/mol. The first kappa shape index (κ1) is 16.4. The summed E-state index contributed by atoms with van der Waals surface area (Å²) >= 11 is 7.44. The SMILES string of the molecule is CCOc1ccc(C2SC[C@H]3C(=O)N(c4ccccc4)C(=S)N23)cc1. The van der Waals surface area contributed by atoms with Gasteiger partial charge in [-0.15, -0.1) is 11.8 Å². The van der Waals surface area contributed by atoms with Gasteiger partial charge < -0.3 is 9.64 Å². The monoisotopic (exact) mass is 370 g/mol. The molecule has 0 bridgehead atoms. The van der Waals surface area contributed by atoms with Gasteiger partial charge in [-0.2, -0.15) is 0 Å². The van der Waals surface area contributed by atoms with E-state index >= 15 is 0 Å². The number of thiocarbonyl (C=S) groups is 1. The molecule has 25 heavy (non-hydrogen) atoms. The Balaban J connectivity index is 1.62. The number of carbonyl (C=O) groups excluding carboxylic acids is 1. The third kappa shape index (κ3) is 2.79. The summed E-state index contributed by atoms with van der Waals surface area (Å²) in [5.74, 6) is 1.68. The van der Waals surface area contributed by atoms with E-state index in [1.165, 1.54) is 0 Å². The molecule has 6 heteroatoms. The second-order valence-corrected chi connectivity index (χ2v) is 7.38.